The Hall–Kier alpha value is -1.25. The van der Waals surface area contributed by atoms with Crippen LogP contribution in [0.5, 0.6) is 0 Å². The number of anilines is 1. The summed E-state index contributed by atoms with van der Waals surface area (Å²) in [5.41, 5.74) is 6.32. The summed E-state index contributed by atoms with van der Waals surface area (Å²) in [6.07, 6.45) is 0. The van der Waals surface area contributed by atoms with E-state index in [1.807, 2.05) is 0 Å². The van der Waals surface area contributed by atoms with Crippen LogP contribution < -0.4 is 15.8 Å². The molecule has 0 aliphatic heterocycles. The third-order valence-electron chi connectivity index (χ3n) is 2.24. The predicted molar refractivity (Wildman–Crippen MR) is 73.6 cm³/mol. The highest BCUT2D eigenvalue weighted by molar-refractivity contribution is 7.89. The molecule has 0 aliphatic rings. The number of nitrogens with two attached hydrogens (primary N) is 1. The van der Waals surface area contributed by atoms with E-state index in [1.54, 1.807) is 0 Å². The van der Waals surface area contributed by atoms with Crippen LogP contribution in [0.4, 0.5) is 10.1 Å². The molecule has 1 aromatic rings. The molecule has 1 rings (SSSR count). The van der Waals surface area contributed by atoms with Gasteiger partial charge in [-0.25, -0.2) is 17.5 Å². The van der Waals surface area contributed by atoms with Crippen LogP contribution in [-0.4, -0.2) is 32.8 Å². The van der Waals surface area contributed by atoms with E-state index in [9.17, 15) is 12.8 Å². The van der Waals surface area contributed by atoms with E-state index >= 15 is 0 Å². The Kier molecular flexibility index (Phi) is 5.00. The van der Waals surface area contributed by atoms with Crippen molar-refractivity contribution >= 4 is 32.9 Å². The van der Waals surface area contributed by atoms with Gasteiger partial charge in [-0.3, -0.25) is 0 Å². The van der Waals surface area contributed by atoms with Crippen molar-refractivity contribution in [3.8, 4) is 0 Å². The van der Waals surface area contributed by atoms with E-state index in [1.165, 1.54) is 25.2 Å². The smallest absolute Gasteiger partial charge is 0.213 e. The van der Waals surface area contributed by atoms with Gasteiger partial charge in [0, 0.05) is 17.8 Å². The minimum Gasteiger partial charge on any atom is -0.389 e. The van der Waals surface area contributed by atoms with Gasteiger partial charge in [0.15, 0.2) is 0 Å². The van der Waals surface area contributed by atoms with E-state index < -0.39 is 15.8 Å². The van der Waals surface area contributed by atoms with Crippen LogP contribution >= 0.6 is 12.2 Å². The van der Waals surface area contributed by atoms with Crippen molar-refractivity contribution in [2.75, 3.05) is 24.7 Å². The maximum absolute atomic E-state index is 13.0. The second kappa shape index (κ2) is 6.07. The summed E-state index contributed by atoms with van der Waals surface area (Å²) >= 11 is 4.80. The summed E-state index contributed by atoms with van der Waals surface area (Å²) in [6, 6.07) is 3.92. The summed E-state index contributed by atoms with van der Waals surface area (Å²) in [6.45, 7) is 0.171. The predicted octanol–water partition coefficient (Wildman–Crippen LogP) is 0.421. The average molecular weight is 291 g/mol. The number of halogens is 1. The first-order valence-electron chi connectivity index (χ1n) is 5.10. The molecule has 0 heterocycles. The van der Waals surface area contributed by atoms with E-state index in [2.05, 4.69) is 10.0 Å². The Bertz CT molecular complexity index is 546. The van der Waals surface area contributed by atoms with Gasteiger partial charge in [0.25, 0.3) is 0 Å². The minimum absolute atomic E-state index is 0.0495. The molecule has 100 valence electrons. The van der Waals surface area contributed by atoms with Crippen LogP contribution in [0.1, 0.15) is 5.56 Å². The van der Waals surface area contributed by atoms with E-state index in [0.29, 0.717) is 11.3 Å². The topological polar surface area (TPSA) is 84.2 Å². The van der Waals surface area contributed by atoms with Crippen molar-refractivity contribution in [3.63, 3.8) is 0 Å². The Morgan fingerprint density at radius 1 is 1.50 bits per heavy atom. The normalized spacial score (nSPS) is 11.2. The molecule has 0 aliphatic carbocycles. The van der Waals surface area contributed by atoms with Crippen LogP contribution in [-0.2, 0) is 10.0 Å². The molecule has 4 N–H and O–H groups in total. The first kappa shape index (κ1) is 14.8. The van der Waals surface area contributed by atoms with Crippen molar-refractivity contribution in [1.82, 2.24) is 4.72 Å². The molecule has 0 amide bonds. The van der Waals surface area contributed by atoms with Crippen LogP contribution in [0.2, 0.25) is 0 Å². The molecule has 0 atom stereocenters. The van der Waals surface area contributed by atoms with Gasteiger partial charge >= 0.3 is 0 Å². The Morgan fingerprint density at radius 3 is 2.72 bits per heavy atom. The quantitative estimate of drug-likeness (QED) is 0.662. The molecule has 0 fully saturated rings. The molecular weight excluding hydrogens is 277 g/mol. The number of hydrogen-bond acceptors (Lipinski definition) is 4. The van der Waals surface area contributed by atoms with Gasteiger partial charge in [-0.15, -0.1) is 0 Å². The second-order valence-electron chi connectivity index (χ2n) is 3.50. The lowest BCUT2D eigenvalue weighted by molar-refractivity contribution is 0.588. The molecule has 0 saturated carbocycles. The zero-order chi connectivity index (χ0) is 13.8. The molecular formula is C10H14FN3O2S2. The summed E-state index contributed by atoms with van der Waals surface area (Å²) in [7, 11) is -1.94. The molecule has 0 bridgehead atoms. The van der Waals surface area contributed by atoms with E-state index in [4.69, 9.17) is 18.0 Å². The second-order valence-corrected chi connectivity index (χ2v) is 5.99. The fourth-order valence-electron chi connectivity index (χ4n) is 1.30. The molecule has 0 unspecified atom stereocenters. The molecule has 0 spiro atoms. The lowest BCUT2D eigenvalue weighted by Crippen LogP contribution is -2.26. The van der Waals surface area contributed by atoms with Gasteiger partial charge in [0.05, 0.1) is 5.75 Å². The summed E-state index contributed by atoms with van der Waals surface area (Å²) in [4.78, 5) is 0.0495. The Balaban J connectivity index is 2.77. The summed E-state index contributed by atoms with van der Waals surface area (Å²) in [5, 5.41) is 2.86. The van der Waals surface area contributed by atoms with Crippen LogP contribution in [0.3, 0.4) is 0 Å². The average Bonchev–Trinajstić information content (AvgIpc) is 2.30. The van der Waals surface area contributed by atoms with Gasteiger partial charge in [-0.1, -0.05) is 12.2 Å². The van der Waals surface area contributed by atoms with Crippen molar-refractivity contribution in [3.05, 3.63) is 29.6 Å². The zero-order valence-electron chi connectivity index (χ0n) is 9.73. The Labute approximate surface area is 111 Å². The highest BCUT2D eigenvalue weighted by Gasteiger charge is 2.09. The fraction of sp³-hybridized carbons (Fsp3) is 0.300. The number of thiocarbonyl (C=S) groups is 1. The van der Waals surface area contributed by atoms with Crippen molar-refractivity contribution < 1.29 is 12.8 Å². The third-order valence-corrected chi connectivity index (χ3v) is 3.83. The van der Waals surface area contributed by atoms with Crippen molar-refractivity contribution in [2.45, 2.75) is 0 Å². The maximum Gasteiger partial charge on any atom is 0.213 e. The largest absolute Gasteiger partial charge is 0.389 e. The van der Waals surface area contributed by atoms with Crippen LogP contribution in [0.25, 0.3) is 0 Å². The molecule has 8 heteroatoms. The van der Waals surface area contributed by atoms with Gasteiger partial charge < -0.3 is 11.1 Å². The number of sulfonamides is 1. The zero-order valence-corrected chi connectivity index (χ0v) is 11.4. The molecule has 1 aromatic carbocycles. The monoisotopic (exact) mass is 291 g/mol. The van der Waals surface area contributed by atoms with E-state index in [0.717, 1.165) is 0 Å². The minimum atomic E-state index is -3.28. The SMILES string of the molecule is CNS(=O)(=O)CCNc1ccc(F)cc1C(N)=S. The fourth-order valence-corrected chi connectivity index (χ4v) is 2.04. The van der Waals surface area contributed by atoms with Gasteiger partial charge in [-0.2, -0.15) is 0 Å². The first-order valence-corrected chi connectivity index (χ1v) is 7.16. The molecule has 18 heavy (non-hydrogen) atoms. The van der Waals surface area contributed by atoms with E-state index in [-0.39, 0.29) is 17.3 Å². The van der Waals surface area contributed by atoms with Crippen molar-refractivity contribution in [2.24, 2.45) is 5.73 Å². The molecule has 0 radical (unpaired) electrons. The molecule has 0 saturated heterocycles. The number of rotatable bonds is 6. The summed E-state index contributed by atoms with van der Waals surface area (Å²) < 4.78 is 37.6. The lowest BCUT2D eigenvalue weighted by Gasteiger charge is -2.11. The third kappa shape index (κ3) is 4.21. The van der Waals surface area contributed by atoms with Gasteiger partial charge in [-0.05, 0) is 25.2 Å². The van der Waals surface area contributed by atoms with Gasteiger partial charge in [0.2, 0.25) is 10.0 Å². The number of hydrogen-bond donors (Lipinski definition) is 3. The first-order chi connectivity index (χ1) is 8.35. The highest BCUT2D eigenvalue weighted by atomic mass is 32.2. The maximum atomic E-state index is 13.0. The van der Waals surface area contributed by atoms with Crippen LogP contribution in [0, 0.1) is 5.82 Å². The van der Waals surface area contributed by atoms with Crippen molar-refractivity contribution in [1.29, 1.82) is 0 Å². The van der Waals surface area contributed by atoms with Gasteiger partial charge in [0.1, 0.15) is 10.8 Å². The van der Waals surface area contributed by atoms with Crippen LogP contribution in [0.15, 0.2) is 18.2 Å². The Morgan fingerprint density at radius 2 is 2.17 bits per heavy atom. The highest BCUT2D eigenvalue weighted by Crippen LogP contribution is 2.16. The number of benzene rings is 1. The molecule has 5 nitrogen and oxygen atoms in total. The summed E-state index contributed by atoms with van der Waals surface area (Å²) in [5.74, 6) is -0.552. The lowest BCUT2D eigenvalue weighted by atomic mass is 10.1. The molecule has 0 aromatic heterocycles. The standard InChI is InChI=1S/C10H14FN3O2S2/c1-13-18(15,16)5-4-14-9-3-2-7(11)6-8(9)10(12)17/h2-3,6,13-14H,4-5H2,1H3,(H2,12,17). The number of nitrogens with one attached hydrogen (secondary N) is 2.